The Morgan fingerprint density at radius 3 is 2.83 bits per heavy atom. The Labute approximate surface area is 103 Å². The Hall–Kier alpha value is -1.75. The van der Waals surface area contributed by atoms with Gasteiger partial charge in [-0.15, -0.1) is 0 Å². The second-order valence-electron chi connectivity index (χ2n) is 4.50. The molecule has 1 fully saturated rings. The number of aliphatic hydroxyl groups is 1. The standard InChI is InChI=1S/C13H12F2N2O/c14-10-3-1-2-9(12(10)15)13(18)11-6-16-7-17(11)8-4-5-8/h1-3,6-8,13,18H,4-5H2. The van der Waals surface area contributed by atoms with Crippen LogP contribution in [0.25, 0.3) is 0 Å². The summed E-state index contributed by atoms with van der Waals surface area (Å²) in [5, 5.41) is 10.2. The molecule has 2 aromatic rings. The van der Waals surface area contributed by atoms with Crippen molar-refractivity contribution in [1.29, 1.82) is 0 Å². The highest BCUT2D eigenvalue weighted by Gasteiger charge is 2.29. The summed E-state index contributed by atoms with van der Waals surface area (Å²) in [4.78, 5) is 3.97. The van der Waals surface area contributed by atoms with Crippen molar-refractivity contribution >= 4 is 0 Å². The lowest BCUT2D eigenvalue weighted by atomic mass is 10.1. The van der Waals surface area contributed by atoms with E-state index in [4.69, 9.17) is 0 Å². The fourth-order valence-corrected chi connectivity index (χ4v) is 2.08. The third-order valence-corrected chi connectivity index (χ3v) is 3.19. The Balaban J connectivity index is 2.00. The van der Waals surface area contributed by atoms with Gasteiger partial charge in [-0.3, -0.25) is 0 Å². The van der Waals surface area contributed by atoms with E-state index in [0.717, 1.165) is 18.9 Å². The molecule has 0 bridgehead atoms. The number of nitrogens with zero attached hydrogens (tertiary/aromatic N) is 2. The molecule has 0 spiro atoms. The summed E-state index contributed by atoms with van der Waals surface area (Å²) < 4.78 is 28.6. The fraction of sp³-hybridized carbons (Fsp3) is 0.308. The van der Waals surface area contributed by atoms with Crippen LogP contribution in [0, 0.1) is 11.6 Å². The third-order valence-electron chi connectivity index (χ3n) is 3.19. The molecule has 5 heteroatoms. The van der Waals surface area contributed by atoms with Crippen LogP contribution in [-0.4, -0.2) is 14.7 Å². The second kappa shape index (κ2) is 4.17. The zero-order valence-electron chi connectivity index (χ0n) is 9.55. The first-order valence-electron chi connectivity index (χ1n) is 5.82. The second-order valence-corrected chi connectivity index (χ2v) is 4.50. The van der Waals surface area contributed by atoms with Gasteiger partial charge < -0.3 is 9.67 Å². The normalized spacial score (nSPS) is 16.8. The van der Waals surface area contributed by atoms with Gasteiger partial charge in [-0.25, -0.2) is 13.8 Å². The largest absolute Gasteiger partial charge is 0.382 e. The SMILES string of the molecule is OC(c1cccc(F)c1F)c1cncn1C1CC1. The summed E-state index contributed by atoms with van der Waals surface area (Å²) in [7, 11) is 0. The van der Waals surface area contributed by atoms with Crippen molar-refractivity contribution in [3.63, 3.8) is 0 Å². The van der Waals surface area contributed by atoms with Crippen molar-refractivity contribution in [3.05, 3.63) is 53.6 Å². The lowest BCUT2D eigenvalue weighted by Gasteiger charge is -2.14. The quantitative estimate of drug-likeness (QED) is 0.909. The maximum Gasteiger partial charge on any atom is 0.165 e. The number of aliphatic hydroxyl groups excluding tert-OH is 1. The van der Waals surface area contributed by atoms with Crippen LogP contribution in [-0.2, 0) is 0 Å². The first-order chi connectivity index (χ1) is 8.68. The molecule has 1 heterocycles. The average Bonchev–Trinajstić information content (AvgIpc) is 3.09. The lowest BCUT2D eigenvalue weighted by molar-refractivity contribution is 0.203. The minimum Gasteiger partial charge on any atom is -0.382 e. The van der Waals surface area contributed by atoms with Crippen LogP contribution < -0.4 is 0 Å². The molecule has 0 amide bonds. The van der Waals surface area contributed by atoms with Crippen LogP contribution in [0.15, 0.2) is 30.7 Å². The topological polar surface area (TPSA) is 38.1 Å². The van der Waals surface area contributed by atoms with Gasteiger partial charge in [0.1, 0.15) is 6.10 Å². The lowest BCUT2D eigenvalue weighted by Crippen LogP contribution is -2.09. The first kappa shape index (κ1) is 11.3. The molecule has 1 aromatic heterocycles. The van der Waals surface area contributed by atoms with E-state index in [1.54, 1.807) is 6.33 Å². The fourth-order valence-electron chi connectivity index (χ4n) is 2.08. The minimum atomic E-state index is -1.19. The van der Waals surface area contributed by atoms with Crippen molar-refractivity contribution in [2.45, 2.75) is 25.0 Å². The van der Waals surface area contributed by atoms with Gasteiger partial charge in [-0.05, 0) is 18.9 Å². The van der Waals surface area contributed by atoms with Crippen LogP contribution in [0.3, 0.4) is 0 Å². The van der Waals surface area contributed by atoms with Crippen molar-refractivity contribution in [2.75, 3.05) is 0 Å². The van der Waals surface area contributed by atoms with Gasteiger partial charge in [-0.2, -0.15) is 0 Å². The molecule has 1 unspecified atom stereocenters. The van der Waals surface area contributed by atoms with Crippen LogP contribution in [0.1, 0.15) is 36.2 Å². The highest BCUT2D eigenvalue weighted by atomic mass is 19.2. The molecule has 1 saturated carbocycles. The summed E-state index contributed by atoms with van der Waals surface area (Å²) in [6, 6.07) is 4.13. The number of hydrogen-bond donors (Lipinski definition) is 1. The van der Waals surface area contributed by atoms with Crippen LogP contribution in [0.5, 0.6) is 0 Å². The Bertz CT molecular complexity index is 578. The Morgan fingerprint density at radius 2 is 2.11 bits per heavy atom. The number of imidazole rings is 1. The number of aromatic nitrogens is 2. The van der Waals surface area contributed by atoms with E-state index >= 15 is 0 Å². The van der Waals surface area contributed by atoms with E-state index in [0.29, 0.717) is 11.7 Å². The highest BCUT2D eigenvalue weighted by molar-refractivity contribution is 5.28. The van der Waals surface area contributed by atoms with Crippen LogP contribution >= 0.6 is 0 Å². The predicted molar refractivity (Wildman–Crippen MR) is 60.9 cm³/mol. The van der Waals surface area contributed by atoms with Gasteiger partial charge in [-0.1, -0.05) is 12.1 Å². The summed E-state index contributed by atoms with van der Waals surface area (Å²) >= 11 is 0. The maximum atomic E-state index is 13.6. The summed E-state index contributed by atoms with van der Waals surface area (Å²) in [6.07, 6.45) is 3.98. The molecule has 1 N–H and O–H groups in total. The number of rotatable bonds is 3. The molecule has 1 aromatic carbocycles. The van der Waals surface area contributed by atoms with E-state index in [1.165, 1.54) is 18.3 Å². The third kappa shape index (κ3) is 1.80. The monoisotopic (exact) mass is 250 g/mol. The molecule has 0 aliphatic heterocycles. The van der Waals surface area contributed by atoms with E-state index in [-0.39, 0.29) is 5.56 Å². The number of benzene rings is 1. The Morgan fingerprint density at radius 1 is 1.33 bits per heavy atom. The minimum absolute atomic E-state index is 0.0580. The van der Waals surface area contributed by atoms with Gasteiger partial charge in [0.2, 0.25) is 0 Å². The Kier molecular flexibility index (Phi) is 2.63. The summed E-state index contributed by atoms with van der Waals surface area (Å²) in [6.45, 7) is 0. The van der Waals surface area contributed by atoms with Crippen molar-refractivity contribution in [2.24, 2.45) is 0 Å². The molecule has 18 heavy (non-hydrogen) atoms. The predicted octanol–water partition coefficient (Wildman–Crippen LogP) is 2.58. The average molecular weight is 250 g/mol. The van der Waals surface area contributed by atoms with Crippen molar-refractivity contribution in [3.8, 4) is 0 Å². The smallest absolute Gasteiger partial charge is 0.165 e. The van der Waals surface area contributed by atoms with Gasteiger partial charge in [0.05, 0.1) is 18.2 Å². The molecule has 3 rings (SSSR count). The summed E-state index contributed by atoms with van der Waals surface area (Å²) in [5.74, 6) is -1.96. The molecule has 1 aliphatic carbocycles. The number of hydrogen-bond acceptors (Lipinski definition) is 2. The zero-order chi connectivity index (χ0) is 12.7. The molecular weight excluding hydrogens is 238 g/mol. The van der Waals surface area contributed by atoms with Crippen molar-refractivity contribution < 1.29 is 13.9 Å². The van der Waals surface area contributed by atoms with Crippen LogP contribution in [0.4, 0.5) is 8.78 Å². The van der Waals surface area contributed by atoms with Crippen molar-refractivity contribution in [1.82, 2.24) is 9.55 Å². The summed E-state index contributed by atoms with van der Waals surface area (Å²) in [5.41, 5.74) is 0.444. The van der Waals surface area contributed by atoms with Gasteiger partial charge in [0.25, 0.3) is 0 Å². The zero-order valence-corrected chi connectivity index (χ0v) is 9.55. The molecule has 1 atom stereocenters. The number of halogens is 2. The van der Waals surface area contributed by atoms with Gasteiger partial charge >= 0.3 is 0 Å². The molecule has 0 radical (unpaired) electrons. The van der Waals surface area contributed by atoms with E-state index in [9.17, 15) is 13.9 Å². The van der Waals surface area contributed by atoms with E-state index in [1.807, 2.05) is 4.57 Å². The molecule has 0 saturated heterocycles. The maximum absolute atomic E-state index is 13.6. The molecule has 1 aliphatic rings. The van der Waals surface area contributed by atoms with E-state index < -0.39 is 17.7 Å². The van der Waals surface area contributed by atoms with Crippen LogP contribution in [0.2, 0.25) is 0 Å². The molecule has 3 nitrogen and oxygen atoms in total. The molecule has 94 valence electrons. The molecular formula is C13H12F2N2O. The van der Waals surface area contributed by atoms with Gasteiger partial charge in [0, 0.05) is 11.6 Å². The van der Waals surface area contributed by atoms with E-state index in [2.05, 4.69) is 4.98 Å². The highest BCUT2D eigenvalue weighted by Crippen LogP contribution is 2.38. The van der Waals surface area contributed by atoms with Gasteiger partial charge in [0.15, 0.2) is 11.6 Å². The first-order valence-corrected chi connectivity index (χ1v) is 5.82.